The highest BCUT2D eigenvalue weighted by Crippen LogP contribution is 2.24. The van der Waals surface area contributed by atoms with Gasteiger partial charge in [0.15, 0.2) is 5.13 Å². The van der Waals surface area contributed by atoms with E-state index in [1.165, 1.54) is 16.9 Å². The quantitative estimate of drug-likeness (QED) is 0.739. The number of nitrogen functional groups attached to an aromatic ring is 1. The summed E-state index contributed by atoms with van der Waals surface area (Å²) in [5.74, 6) is 0. The van der Waals surface area contributed by atoms with Gasteiger partial charge in [-0.2, -0.15) is 0 Å². The molecule has 2 nitrogen and oxygen atoms in total. The van der Waals surface area contributed by atoms with Crippen LogP contribution in [0.15, 0.2) is 30.9 Å². The summed E-state index contributed by atoms with van der Waals surface area (Å²) in [6.07, 6.45) is 2.79. The summed E-state index contributed by atoms with van der Waals surface area (Å²) in [6, 6.07) is 6.18. The highest BCUT2D eigenvalue weighted by atomic mass is 32.1. The number of nitrogens with zero attached hydrogens (tertiary/aromatic N) is 1. The molecule has 0 radical (unpaired) electrons. The van der Waals surface area contributed by atoms with Gasteiger partial charge in [0, 0.05) is 0 Å². The number of hydrogen-bond acceptors (Lipinski definition) is 3. The molecule has 0 saturated carbocycles. The zero-order chi connectivity index (χ0) is 9.26. The van der Waals surface area contributed by atoms with Crippen LogP contribution in [0.5, 0.6) is 0 Å². The van der Waals surface area contributed by atoms with Gasteiger partial charge in [-0.3, -0.25) is 0 Å². The molecular formula is C10H10N2S. The lowest BCUT2D eigenvalue weighted by molar-refractivity contribution is 1.29. The molecule has 2 aromatic rings. The van der Waals surface area contributed by atoms with E-state index < -0.39 is 0 Å². The maximum atomic E-state index is 5.60. The van der Waals surface area contributed by atoms with Crippen LogP contribution in [0.1, 0.15) is 5.56 Å². The molecule has 0 saturated heterocycles. The fourth-order valence-electron chi connectivity index (χ4n) is 1.28. The lowest BCUT2D eigenvalue weighted by Crippen LogP contribution is -1.80. The molecule has 1 heterocycles. The molecule has 0 aliphatic carbocycles. The number of thiazole rings is 1. The van der Waals surface area contributed by atoms with Crippen molar-refractivity contribution in [2.24, 2.45) is 0 Å². The fourth-order valence-corrected chi connectivity index (χ4v) is 2.08. The smallest absolute Gasteiger partial charge is 0.181 e. The van der Waals surface area contributed by atoms with Crippen molar-refractivity contribution in [3.63, 3.8) is 0 Å². The number of rotatable bonds is 2. The first-order chi connectivity index (χ1) is 6.29. The van der Waals surface area contributed by atoms with E-state index in [4.69, 9.17) is 5.73 Å². The minimum Gasteiger partial charge on any atom is -0.375 e. The largest absolute Gasteiger partial charge is 0.375 e. The maximum Gasteiger partial charge on any atom is 0.181 e. The van der Waals surface area contributed by atoms with E-state index in [0.29, 0.717) is 5.13 Å². The van der Waals surface area contributed by atoms with Gasteiger partial charge in [-0.25, -0.2) is 4.98 Å². The van der Waals surface area contributed by atoms with Gasteiger partial charge >= 0.3 is 0 Å². The number of fused-ring (bicyclic) bond motifs is 1. The van der Waals surface area contributed by atoms with Crippen molar-refractivity contribution in [2.75, 3.05) is 5.73 Å². The Labute approximate surface area is 80.7 Å². The van der Waals surface area contributed by atoms with Crippen molar-refractivity contribution in [2.45, 2.75) is 6.42 Å². The molecule has 0 aliphatic rings. The van der Waals surface area contributed by atoms with Crippen molar-refractivity contribution in [1.82, 2.24) is 4.98 Å². The molecule has 2 rings (SSSR count). The second-order valence-corrected chi connectivity index (χ2v) is 3.91. The van der Waals surface area contributed by atoms with Crippen molar-refractivity contribution >= 4 is 26.7 Å². The number of allylic oxidation sites excluding steroid dienone is 1. The monoisotopic (exact) mass is 190 g/mol. The first-order valence-corrected chi connectivity index (χ1v) is 4.87. The highest BCUT2D eigenvalue weighted by Gasteiger charge is 2.00. The molecule has 2 N–H and O–H groups in total. The van der Waals surface area contributed by atoms with E-state index >= 15 is 0 Å². The fraction of sp³-hybridized carbons (Fsp3) is 0.100. The average molecular weight is 190 g/mol. The van der Waals surface area contributed by atoms with Crippen LogP contribution in [-0.4, -0.2) is 4.98 Å². The zero-order valence-electron chi connectivity index (χ0n) is 7.16. The van der Waals surface area contributed by atoms with Gasteiger partial charge in [-0.1, -0.05) is 23.5 Å². The van der Waals surface area contributed by atoms with Crippen LogP contribution in [0.25, 0.3) is 10.2 Å². The summed E-state index contributed by atoms with van der Waals surface area (Å²) < 4.78 is 1.15. The molecule has 0 fully saturated rings. The Bertz CT molecular complexity index is 445. The van der Waals surface area contributed by atoms with Gasteiger partial charge in [0.2, 0.25) is 0 Å². The molecule has 13 heavy (non-hydrogen) atoms. The molecule has 0 aliphatic heterocycles. The Morgan fingerprint density at radius 3 is 3.15 bits per heavy atom. The van der Waals surface area contributed by atoms with Gasteiger partial charge < -0.3 is 5.73 Å². The molecule has 0 spiro atoms. The molecule has 3 heteroatoms. The summed E-state index contributed by atoms with van der Waals surface area (Å²) in [4.78, 5) is 4.18. The van der Waals surface area contributed by atoms with Crippen LogP contribution in [0.2, 0.25) is 0 Å². The first-order valence-electron chi connectivity index (χ1n) is 4.05. The maximum absolute atomic E-state index is 5.60. The molecule has 0 unspecified atom stereocenters. The van der Waals surface area contributed by atoms with Crippen molar-refractivity contribution in [1.29, 1.82) is 0 Å². The Hall–Kier alpha value is -1.35. The van der Waals surface area contributed by atoms with E-state index in [9.17, 15) is 0 Å². The zero-order valence-corrected chi connectivity index (χ0v) is 7.97. The molecule has 1 aromatic heterocycles. The predicted molar refractivity (Wildman–Crippen MR) is 57.9 cm³/mol. The summed E-state index contributed by atoms with van der Waals surface area (Å²) in [7, 11) is 0. The van der Waals surface area contributed by atoms with Crippen LogP contribution in [0.3, 0.4) is 0 Å². The standard InChI is InChI=1S/C10H10N2S/c1-2-3-7-4-5-8-9(6-7)13-10(11)12-8/h2,4-6H,1,3H2,(H2,11,12). The first kappa shape index (κ1) is 8.26. The van der Waals surface area contributed by atoms with Crippen molar-refractivity contribution < 1.29 is 0 Å². The third-order valence-corrected chi connectivity index (χ3v) is 2.70. The minimum absolute atomic E-state index is 0.630. The van der Waals surface area contributed by atoms with Gasteiger partial charge in [0.25, 0.3) is 0 Å². The normalized spacial score (nSPS) is 10.5. The van der Waals surface area contributed by atoms with Crippen molar-refractivity contribution in [3.05, 3.63) is 36.4 Å². The number of benzene rings is 1. The van der Waals surface area contributed by atoms with Crippen LogP contribution in [0, 0.1) is 0 Å². The predicted octanol–water partition coefficient (Wildman–Crippen LogP) is 2.61. The Balaban J connectivity index is 2.54. The second-order valence-electron chi connectivity index (χ2n) is 2.85. The average Bonchev–Trinajstić information content (AvgIpc) is 2.44. The molecule has 1 aromatic carbocycles. The van der Waals surface area contributed by atoms with Crippen LogP contribution < -0.4 is 5.73 Å². The van der Waals surface area contributed by atoms with Gasteiger partial charge in [-0.05, 0) is 24.1 Å². The molecule has 0 bridgehead atoms. The molecular weight excluding hydrogens is 180 g/mol. The van der Waals surface area contributed by atoms with E-state index in [-0.39, 0.29) is 0 Å². The third-order valence-electron chi connectivity index (χ3n) is 1.85. The number of nitrogens with two attached hydrogens (primary N) is 1. The summed E-state index contributed by atoms with van der Waals surface area (Å²) in [5.41, 5.74) is 7.84. The van der Waals surface area contributed by atoms with Gasteiger partial charge in [0.1, 0.15) is 0 Å². The van der Waals surface area contributed by atoms with Crippen LogP contribution >= 0.6 is 11.3 Å². The molecule has 0 atom stereocenters. The van der Waals surface area contributed by atoms with Gasteiger partial charge in [-0.15, -0.1) is 6.58 Å². The number of hydrogen-bond donors (Lipinski definition) is 1. The number of aromatic nitrogens is 1. The summed E-state index contributed by atoms with van der Waals surface area (Å²) in [5, 5.41) is 0.630. The van der Waals surface area contributed by atoms with E-state index in [1.807, 2.05) is 12.1 Å². The lowest BCUT2D eigenvalue weighted by Gasteiger charge is -1.94. The van der Waals surface area contributed by atoms with Crippen molar-refractivity contribution in [3.8, 4) is 0 Å². The minimum atomic E-state index is 0.630. The van der Waals surface area contributed by atoms with E-state index in [0.717, 1.165) is 16.6 Å². The Morgan fingerprint density at radius 1 is 1.54 bits per heavy atom. The van der Waals surface area contributed by atoms with Gasteiger partial charge in [0.05, 0.1) is 10.2 Å². The summed E-state index contributed by atoms with van der Waals surface area (Å²) in [6.45, 7) is 3.70. The number of anilines is 1. The molecule has 0 amide bonds. The van der Waals surface area contributed by atoms with Crippen LogP contribution in [0.4, 0.5) is 5.13 Å². The van der Waals surface area contributed by atoms with Crippen LogP contribution in [-0.2, 0) is 6.42 Å². The topological polar surface area (TPSA) is 38.9 Å². The Kier molecular flexibility index (Phi) is 2.02. The Morgan fingerprint density at radius 2 is 2.38 bits per heavy atom. The molecule has 66 valence electrons. The second kappa shape index (κ2) is 3.18. The van der Waals surface area contributed by atoms with E-state index in [1.54, 1.807) is 0 Å². The highest BCUT2D eigenvalue weighted by molar-refractivity contribution is 7.22. The summed E-state index contributed by atoms with van der Waals surface area (Å²) >= 11 is 1.52. The third kappa shape index (κ3) is 1.55. The lowest BCUT2D eigenvalue weighted by atomic mass is 10.1. The SMILES string of the molecule is C=CCc1ccc2nc(N)sc2c1. The van der Waals surface area contributed by atoms with E-state index in [2.05, 4.69) is 23.7 Å².